The van der Waals surface area contributed by atoms with Crippen molar-refractivity contribution < 1.29 is 19.0 Å². The number of fused-ring (bicyclic) bond motifs is 1. The lowest BCUT2D eigenvalue weighted by Crippen LogP contribution is -2.44. The third-order valence-electron chi connectivity index (χ3n) is 4.90. The third kappa shape index (κ3) is 3.61. The second-order valence-electron chi connectivity index (χ2n) is 6.38. The number of benzene rings is 1. The number of carbonyl (C=O) groups excluding carboxylic acids is 1. The highest BCUT2D eigenvalue weighted by Crippen LogP contribution is 2.36. The molecule has 126 valence electrons. The van der Waals surface area contributed by atoms with Gasteiger partial charge in [0.2, 0.25) is 5.91 Å². The van der Waals surface area contributed by atoms with Crippen molar-refractivity contribution in [2.45, 2.75) is 44.2 Å². The van der Waals surface area contributed by atoms with Gasteiger partial charge in [-0.3, -0.25) is 4.79 Å². The lowest BCUT2D eigenvalue weighted by atomic mass is 9.91. The summed E-state index contributed by atoms with van der Waals surface area (Å²) in [6.07, 6.45) is 5.06. The first-order valence-electron chi connectivity index (χ1n) is 8.33. The van der Waals surface area contributed by atoms with Gasteiger partial charge in [-0.1, -0.05) is 12.1 Å². The topological polar surface area (TPSA) is 56.8 Å². The highest BCUT2D eigenvalue weighted by atomic mass is 16.5. The van der Waals surface area contributed by atoms with E-state index in [0.29, 0.717) is 19.1 Å². The zero-order chi connectivity index (χ0) is 16.2. The molecule has 0 bridgehead atoms. The van der Waals surface area contributed by atoms with Crippen molar-refractivity contribution in [2.24, 2.45) is 5.92 Å². The summed E-state index contributed by atoms with van der Waals surface area (Å²) < 4.78 is 16.5. The van der Waals surface area contributed by atoms with Crippen LogP contribution in [0.25, 0.3) is 0 Å². The maximum Gasteiger partial charge on any atom is 0.227 e. The molecule has 1 N–H and O–H groups in total. The van der Waals surface area contributed by atoms with E-state index in [9.17, 15) is 4.79 Å². The third-order valence-corrected chi connectivity index (χ3v) is 4.90. The molecule has 1 atom stereocenters. The van der Waals surface area contributed by atoms with Crippen LogP contribution in [-0.2, 0) is 16.0 Å². The Hall–Kier alpha value is -1.75. The maximum absolute atomic E-state index is 12.5. The molecule has 3 rings (SSSR count). The Bertz CT molecular complexity index is 552. The molecule has 5 nitrogen and oxygen atoms in total. The van der Waals surface area contributed by atoms with Crippen LogP contribution in [0.3, 0.4) is 0 Å². The quantitative estimate of drug-likeness (QED) is 0.925. The van der Waals surface area contributed by atoms with Gasteiger partial charge >= 0.3 is 0 Å². The van der Waals surface area contributed by atoms with Crippen LogP contribution < -0.4 is 14.8 Å². The molecule has 0 spiro atoms. The van der Waals surface area contributed by atoms with Crippen molar-refractivity contribution in [3.05, 3.63) is 23.8 Å². The zero-order valence-corrected chi connectivity index (χ0v) is 13.8. The molecule has 1 amide bonds. The van der Waals surface area contributed by atoms with Crippen molar-refractivity contribution in [3.63, 3.8) is 0 Å². The molecule has 1 aliphatic heterocycles. The summed E-state index contributed by atoms with van der Waals surface area (Å²) in [6.45, 7) is 0.409. The molecule has 1 unspecified atom stereocenters. The standard InChI is InChI=1S/C18H25NO4/c1-21-15-8-6-14(7-9-15)19-18(20)13-10-12-4-3-5-16(22-2)17(12)23-11-13/h3-5,13-15H,6-11H2,1-2H3,(H,19,20). The Balaban J connectivity index is 1.57. The van der Waals surface area contributed by atoms with Crippen molar-refractivity contribution in [3.8, 4) is 11.5 Å². The van der Waals surface area contributed by atoms with Crippen LogP contribution in [0.4, 0.5) is 0 Å². The summed E-state index contributed by atoms with van der Waals surface area (Å²) in [6, 6.07) is 6.09. The van der Waals surface area contributed by atoms with Gasteiger partial charge in [0.1, 0.15) is 6.61 Å². The van der Waals surface area contributed by atoms with Crippen molar-refractivity contribution in [1.82, 2.24) is 5.32 Å². The smallest absolute Gasteiger partial charge is 0.227 e. The first-order valence-corrected chi connectivity index (χ1v) is 8.33. The lowest BCUT2D eigenvalue weighted by Gasteiger charge is -2.31. The normalized spacial score (nSPS) is 26.8. The van der Waals surface area contributed by atoms with Crippen LogP contribution in [0.1, 0.15) is 31.2 Å². The molecule has 0 radical (unpaired) electrons. The Morgan fingerprint density at radius 1 is 1.22 bits per heavy atom. The highest BCUT2D eigenvalue weighted by molar-refractivity contribution is 5.80. The van der Waals surface area contributed by atoms with E-state index >= 15 is 0 Å². The van der Waals surface area contributed by atoms with Gasteiger partial charge in [-0.2, -0.15) is 0 Å². The number of hydrogen-bond acceptors (Lipinski definition) is 4. The fraction of sp³-hybridized carbons (Fsp3) is 0.611. The van der Waals surface area contributed by atoms with Gasteiger partial charge in [0.25, 0.3) is 0 Å². The summed E-state index contributed by atoms with van der Waals surface area (Å²) >= 11 is 0. The van der Waals surface area contributed by atoms with Crippen LogP contribution in [0.15, 0.2) is 18.2 Å². The summed E-state index contributed by atoms with van der Waals surface area (Å²) in [5.74, 6) is 1.48. The molecular weight excluding hydrogens is 294 g/mol. The lowest BCUT2D eigenvalue weighted by molar-refractivity contribution is -0.127. The van der Waals surface area contributed by atoms with Crippen LogP contribution in [0.5, 0.6) is 11.5 Å². The summed E-state index contributed by atoms with van der Waals surface area (Å²) in [4.78, 5) is 12.5. The zero-order valence-electron chi connectivity index (χ0n) is 13.8. The predicted molar refractivity (Wildman–Crippen MR) is 86.9 cm³/mol. The van der Waals surface area contributed by atoms with Gasteiger partial charge < -0.3 is 19.5 Å². The van der Waals surface area contributed by atoms with Crippen LogP contribution in [-0.4, -0.2) is 38.9 Å². The Labute approximate surface area is 137 Å². The van der Waals surface area contributed by atoms with E-state index in [0.717, 1.165) is 42.7 Å². The number of carbonyl (C=O) groups is 1. The summed E-state index contributed by atoms with van der Waals surface area (Å²) in [7, 11) is 3.39. The fourth-order valence-electron chi connectivity index (χ4n) is 3.49. The molecule has 1 heterocycles. The molecule has 2 aliphatic rings. The van der Waals surface area contributed by atoms with E-state index in [1.54, 1.807) is 14.2 Å². The largest absolute Gasteiger partial charge is 0.493 e. The van der Waals surface area contributed by atoms with Crippen LogP contribution in [0.2, 0.25) is 0 Å². The number of hydrogen-bond donors (Lipinski definition) is 1. The molecule has 5 heteroatoms. The van der Waals surface area contributed by atoms with Gasteiger partial charge in [-0.05, 0) is 43.7 Å². The van der Waals surface area contributed by atoms with Gasteiger partial charge in [-0.15, -0.1) is 0 Å². The number of ether oxygens (including phenoxy) is 3. The fourth-order valence-corrected chi connectivity index (χ4v) is 3.49. The predicted octanol–water partition coefficient (Wildman–Crippen LogP) is 2.32. The van der Waals surface area contributed by atoms with E-state index in [4.69, 9.17) is 14.2 Å². The number of rotatable bonds is 4. The van der Waals surface area contributed by atoms with E-state index in [-0.39, 0.29) is 17.9 Å². The van der Waals surface area contributed by atoms with Crippen LogP contribution in [0, 0.1) is 5.92 Å². The SMILES string of the molecule is COc1cccc2c1OCC(C(=O)NC1CCC(OC)CC1)C2. The summed E-state index contributed by atoms with van der Waals surface area (Å²) in [5, 5.41) is 3.19. The Kier molecular flexibility index (Phi) is 5.06. The second kappa shape index (κ2) is 7.21. The minimum absolute atomic E-state index is 0.0966. The molecule has 1 fully saturated rings. The molecule has 23 heavy (non-hydrogen) atoms. The van der Waals surface area contributed by atoms with E-state index in [2.05, 4.69) is 5.32 Å². The number of methoxy groups -OCH3 is 2. The summed E-state index contributed by atoms with van der Waals surface area (Å²) in [5.41, 5.74) is 1.04. The van der Waals surface area contributed by atoms with E-state index in [1.807, 2.05) is 18.2 Å². The van der Waals surface area contributed by atoms with Crippen molar-refractivity contribution in [1.29, 1.82) is 0 Å². The number of nitrogens with one attached hydrogen (secondary N) is 1. The minimum Gasteiger partial charge on any atom is -0.493 e. The Morgan fingerprint density at radius 3 is 2.70 bits per heavy atom. The van der Waals surface area contributed by atoms with Gasteiger partial charge in [-0.25, -0.2) is 0 Å². The second-order valence-corrected chi connectivity index (χ2v) is 6.38. The first-order chi connectivity index (χ1) is 11.2. The molecule has 0 aromatic heterocycles. The maximum atomic E-state index is 12.5. The minimum atomic E-state index is -0.130. The highest BCUT2D eigenvalue weighted by Gasteiger charge is 2.30. The number of amides is 1. The Morgan fingerprint density at radius 2 is 2.00 bits per heavy atom. The van der Waals surface area contributed by atoms with Gasteiger partial charge in [0.05, 0.1) is 19.1 Å². The average molecular weight is 319 g/mol. The van der Waals surface area contributed by atoms with E-state index in [1.165, 1.54) is 0 Å². The molecule has 1 aromatic rings. The van der Waals surface area contributed by atoms with Crippen molar-refractivity contribution in [2.75, 3.05) is 20.8 Å². The van der Waals surface area contributed by atoms with Crippen LogP contribution >= 0.6 is 0 Å². The molecule has 0 saturated heterocycles. The molecule has 1 aliphatic carbocycles. The van der Waals surface area contributed by atoms with E-state index < -0.39 is 0 Å². The van der Waals surface area contributed by atoms with Gasteiger partial charge in [0, 0.05) is 13.2 Å². The number of para-hydroxylation sites is 1. The molecule has 1 saturated carbocycles. The van der Waals surface area contributed by atoms with Gasteiger partial charge in [0.15, 0.2) is 11.5 Å². The average Bonchev–Trinajstić information content (AvgIpc) is 2.61. The molecule has 1 aromatic carbocycles. The van der Waals surface area contributed by atoms with Crippen molar-refractivity contribution >= 4 is 5.91 Å². The molecular formula is C18H25NO4. The monoisotopic (exact) mass is 319 g/mol. The first kappa shape index (κ1) is 16.1.